The van der Waals surface area contributed by atoms with Crippen LogP contribution in [0.4, 0.5) is 0 Å². The maximum Gasteiger partial charge on any atom is 0.238 e. The highest BCUT2D eigenvalue weighted by Crippen LogP contribution is 2.21. The van der Waals surface area contributed by atoms with E-state index in [2.05, 4.69) is 20.4 Å². The molecule has 8 heteroatoms. The van der Waals surface area contributed by atoms with Crippen LogP contribution in [0.5, 0.6) is 0 Å². The van der Waals surface area contributed by atoms with E-state index in [-0.39, 0.29) is 12.3 Å². The third-order valence-electron chi connectivity index (χ3n) is 3.83. The van der Waals surface area contributed by atoms with Crippen molar-refractivity contribution in [3.8, 4) is 22.8 Å². The number of aromatic nitrogens is 3. The van der Waals surface area contributed by atoms with Crippen LogP contribution in [0, 0.1) is 0 Å². The topological polar surface area (TPSA) is 94.0 Å². The Kier molecular flexibility index (Phi) is 5.06. The molecule has 3 aromatic heterocycles. The van der Waals surface area contributed by atoms with E-state index < -0.39 is 0 Å². The van der Waals surface area contributed by atoms with Crippen LogP contribution >= 0.6 is 11.3 Å². The third-order valence-corrected chi connectivity index (χ3v) is 4.68. The summed E-state index contributed by atoms with van der Waals surface area (Å²) in [5, 5.41) is 9.56. The standard InChI is InChI=1S/C19H16N4O3S/c24-16(8-9-17-22-19(23-26-17)15-7-4-10-25-15)20-11-18-21-14(12-27-18)13-5-2-1-3-6-13/h1-7,10,12H,8-9,11H2,(H,20,24). The second-order valence-corrected chi connectivity index (χ2v) is 6.70. The van der Waals surface area contributed by atoms with E-state index in [0.717, 1.165) is 16.3 Å². The van der Waals surface area contributed by atoms with E-state index in [1.165, 1.54) is 11.3 Å². The van der Waals surface area contributed by atoms with E-state index in [4.69, 9.17) is 8.94 Å². The molecular weight excluding hydrogens is 364 g/mol. The molecule has 0 spiro atoms. The zero-order valence-electron chi connectivity index (χ0n) is 14.3. The van der Waals surface area contributed by atoms with Gasteiger partial charge in [-0.3, -0.25) is 4.79 Å². The molecule has 0 bridgehead atoms. The minimum Gasteiger partial charge on any atom is -0.461 e. The van der Waals surface area contributed by atoms with Gasteiger partial charge >= 0.3 is 0 Å². The van der Waals surface area contributed by atoms with Gasteiger partial charge in [-0.05, 0) is 12.1 Å². The summed E-state index contributed by atoms with van der Waals surface area (Å²) >= 11 is 1.53. The molecule has 3 heterocycles. The number of hydrogen-bond donors (Lipinski definition) is 1. The highest BCUT2D eigenvalue weighted by atomic mass is 32.1. The first kappa shape index (κ1) is 17.2. The molecule has 27 heavy (non-hydrogen) atoms. The predicted octanol–water partition coefficient (Wildman–Crippen LogP) is 3.70. The van der Waals surface area contributed by atoms with Crippen LogP contribution in [0.25, 0.3) is 22.8 Å². The van der Waals surface area contributed by atoms with E-state index in [1.54, 1.807) is 18.4 Å². The number of thiazole rings is 1. The average molecular weight is 380 g/mol. The van der Waals surface area contributed by atoms with Gasteiger partial charge in [0.1, 0.15) is 5.01 Å². The average Bonchev–Trinajstić information content (AvgIpc) is 3.47. The molecule has 1 N–H and O–H groups in total. The molecule has 4 aromatic rings. The summed E-state index contributed by atoms with van der Waals surface area (Å²) in [6.07, 6.45) is 2.17. The third kappa shape index (κ3) is 4.29. The number of nitrogens with one attached hydrogen (secondary N) is 1. The Balaban J connectivity index is 1.26. The van der Waals surface area contributed by atoms with Gasteiger partial charge in [0, 0.05) is 23.8 Å². The van der Waals surface area contributed by atoms with E-state index in [0.29, 0.717) is 30.4 Å². The lowest BCUT2D eigenvalue weighted by Crippen LogP contribution is -2.22. The van der Waals surface area contributed by atoms with Gasteiger partial charge in [-0.15, -0.1) is 11.3 Å². The SMILES string of the molecule is O=C(CCc1nc(-c2ccco2)no1)NCc1nc(-c2ccccc2)cs1. The Morgan fingerprint density at radius 2 is 2.00 bits per heavy atom. The van der Waals surface area contributed by atoms with Crippen molar-refractivity contribution in [3.05, 3.63) is 65.0 Å². The Bertz CT molecular complexity index is 1010. The maximum atomic E-state index is 12.1. The Morgan fingerprint density at radius 3 is 2.81 bits per heavy atom. The van der Waals surface area contributed by atoms with Crippen molar-refractivity contribution in [2.45, 2.75) is 19.4 Å². The van der Waals surface area contributed by atoms with Crippen LogP contribution in [0.1, 0.15) is 17.3 Å². The van der Waals surface area contributed by atoms with Crippen molar-refractivity contribution in [1.82, 2.24) is 20.4 Å². The number of carbonyl (C=O) groups excluding carboxylic acids is 1. The molecule has 0 unspecified atom stereocenters. The lowest BCUT2D eigenvalue weighted by Gasteiger charge is -2.01. The Hall–Kier alpha value is -3.26. The first-order chi connectivity index (χ1) is 13.3. The van der Waals surface area contributed by atoms with Gasteiger partial charge in [0.25, 0.3) is 0 Å². The van der Waals surface area contributed by atoms with Gasteiger partial charge < -0.3 is 14.3 Å². The number of benzene rings is 1. The summed E-state index contributed by atoms with van der Waals surface area (Å²) in [5.41, 5.74) is 1.98. The number of amides is 1. The second-order valence-electron chi connectivity index (χ2n) is 5.76. The lowest BCUT2D eigenvalue weighted by atomic mass is 10.2. The first-order valence-corrected chi connectivity index (χ1v) is 9.29. The molecule has 0 fully saturated rings. The van der Waals surface area contributed by atoms with Gasteiger partial charge in [0.15, 0.2) is 5.76 Å². The fraction of sp³-hybridized carbons (Fsp3) is 0.158. The van der Waals surface area contributed by atoms with E-state index >= 15 is 0 Å². The van der Waals surface area contributed by atoms with Gasteiger partial charge in [0.2, 0.25) is 17.6 Å². The molecule has 7 nitrogen and oxygen atoms in total. The quantitative estimate of drug-likeness (QED) is 0.525. The van der Waals surface area contributed by atoms with Crippen LogP contribution in [-0.4, -0.2) is 21.0 Å². The molecule has 0 aliphatic heterocycles. The Labute approximate surface area is 159 Å². The molecule has 0 aliphatic rings. The summed E-state index contributed by atoms with van der Waals surface area (Å²) in [6, 6.07) is 13.4. The minimum atomic E-state index is -0.0933. The van der Waals surface area contributed by atoms with Gasteiger partial charge in [0.05, 0.1) is 18.5 Å². The first-order valence-electron chi connectivity index (χ1n) is 8.41. The molecule has 0 saturated heterocycles. The van der Waals surface area contributed by atoms with Crippen molar-refractivity contribution in [2.24, 2.45) is 0 Å². The second kappa shape index (κ2) is 7.96. The largest absolute Gasteiger partial charge is 0.461 e. The molecule has 1 aromatic carbocycles. The van der Waals surface area contributed by atoms with Crippen LogP contribution in [0.3, 0.4) is 0 Å². The molecule has 4 rings (SSSR count). The lowest BCUT2D eigenvalue weighted by molar-refractivity contribution is -0.121. The van der Waals surface area contributed by atoms with Crippen molar-refractivity contribution in [1.29, 1.82) is 0 Å². The normalized spacial score (nSPS) is 10.8. The zero-order chi connectivity index (χ0) is 18.5. The highest BCUT2D eigenvalue weighted by molar-refractivity contribution is 7.09. The van der Waals surface area contributed by atoms with Gasteiger partial charge in [-0.2, -0.15) is 4.98 Å². The summed E-state index contributed by atoms with van der Waals surface area (Å²) < 4.78 is 10.4. The van der Waals surface area contributed by atoms with Crippen molar-refractivity contribution < 1.29 is 13.7 Å². The van der Waals surface area contributed by atoms with Crippen molar-refractivity contribution in [2.75, 3.05) is 0 Å². The predicted molar refractivity (Wildman–Crippen MR) is 99.7 cm³/mol. The fourth-order valence-corrected chi connectivity index (χ4v) is 3.22. The molecule has 1 amide bonds. The van der Waals surface area contributed by atoms with Crippen LogP contribution < -0.4 is 5.32 Å². The van der Waals surface area contributed by atoms with Gasteiger partial charge in [-0.1, -0.05) is 35.5 Å². The fourth-order valence-electron chi connectivity index (χ4n) is 2.48. The van der Waals surface area contributed by atoms with E-state index in [1.807, 2.05) is 35.7 Å². The van der Waals surface area contributed by atoms with Crippen molar-refractivity contribution >= 4 is 17.2 Å². The van der Waals surface area contributed by atoms with Crippen molar-refractivity contribution in [3.63, 3.8) is 0 Å². The number of nitrogens with zero attached hydrogens (tertiary/aromatic N) is 3. The number of aryl methyl sites for hydroxylation is 1. The maximum absolute atomic E-state index is 12.1. The van der Waals surface area contributed by atoms with Gasteiger partial charge in [-0.25, -0.2) is 4.98 Å². The Morgan fingerprint density at radius 1 is 1.11 bits per heavy atom. The highest BCUT2D eigenvalue weighted by Gasteiger charge is 2.12. The molecule has 0 radical (unpaired) electrons. The molecule has 136 valence electrons. The minimum absolute atomic E-state index is 0.0933. The summed E-state index contributed by atoms with van der Waals surface area (Å²) in [7, 11) is 0. The van der Waals surface area contributed by atoms with Crippen LogP contribution in [-0.2, 0) is 17.8 Å². The molecule has 0 saturated carbocycles. The molecular formula is C19H16N4O3S. The van der Waals surface area contributed by atoms with Crippen LogP contribution in [0.2, 0.25) is 0 Å². The number of furan rings is 1. The molecule has 0 aliphatic carbocycles. The van der Waals surface area contributed by atoms with E-state index in [9.17, 15) is 4.79 Å². The molecule has 0 atom stereocenters. The monoisotopic (exact) mass is 380 g/mol. The summed E-state index contributed by atoms with van der Waals surface area (Å²) in [4.78, 5) is 20.8. The number of carbonyl (C=O) groups is 1. The summed E-state index contributed by atoms with van der Waals surface area (Å²) in [5.74, 6) is 1.22. The summed E-state index contributed by atoms with van der Waals surface area (Å²) in [6.45, 7) is 0.401. The number of rotatable bonds is 7. The number of hydrogen-bond acceptors (Lipinski definition) is 7. The zero-order valence-corrected chi connectivity index (χ0v) is 15.1. The van der Waals surface area contributed by atoms with Crippen LogP contribution in [0.15, 0.2) is 63.0 Å². The smallest absolute Gasteiger partial charge is 0.238 e.